The zero-order valence-electron chi connectivity index (χ0n) is 53.3. The van der Waals surface area contributed by atoms with Crippen LogP contribution in [0, 0.1) is 0 Å². The molecule has 430 valence electrons. The second-order valence-electron chi connectivity index (χ2n) is 32.0. The third kappa shape index (κ3) is 7.50. The van der Waals surface area contributed by atoms with Gasteiger partial charge in [-0.2, -0.15) is 0 Å². The van der Waals surface area contributed by atoms with E-state index >= 15 is 0 Å². The van der Waals surface area contributed by atoms with Crippen LogP contribution in [0.2, 0.25) is 0 Å². The Kier molecular flexibility index (Phi) is 11.1. The number of anilines is 8. The van der Waals surface area contributed by atoms with E-state index < -0.39 is 0 Å². The third-order valence-corrected chi connectivity index (χ3v) is 25.3. The molecule has 1 fully saturated rings. The maximum Gasteiger partial charge on any atom is 0.252 e. The molecule has 0 bridgehead atoms. The number of fused-ring (bicyclic) bond motifs is 13. The first-order chi connectivity index (χ1) is 40.3. The molecule has 2 unspecified atom stereocenters. The van der Waals surface area contributed by atoms with Gasteiger partial charge in [0.25, 0.3) is 6.71 Å². The van der Waals surface area contributed by atoms with Crippen LogP contribution in [0.3, 0.4) is 0 Å². The smallest absolute Gasteiger partial charge is 0.252 e. The molecular formula is C80H86BN3S. The highest BCUT2D eigenvalue weighted by molar-refractivity contribution is 7.25. The van der Waals surface area contributed by atoms with Gasteiger partial charge in [0.15, 0.2) is 0 Å². The normalized spacial score (nSPS) is 23.7. The summed E-state index contributed by atoms with van der Waals surface area (Å²) in [6.45, 7) is 35.5. The van der Waals surface area contributed by atoms with E-state index in [0.717, 1.165) is 19.3 Å². The lowest BCUT2D eigenvalue weighted by molar-refractivity contribution is 0.195. The predicted molar refractivity (Wildman–Crippen MR) is 367 cm³/mol. The van der Waals surface area contributed by atoms with Crippen LogP contribution in [0.15, 0.2) is 146 Å². The minimum atomic E-state index is -0.182. The lowest BCUT2D eigenvalue weighted by atomic mass is 9.32. The number of rotatable bonds is 4. The quantitative estimate of drug-likeness (QED) is 0.163. The molecule has 1 aromatic heterocycles. The summed E-state index contributed by atoms with van der Waals surface area (Å²) >= 11 is 1.94. The summed E-state index contributed by atoms with van der Waals surface area (Å²) < 4.78 is 2.68. The second kappa shape index (κ2) is 17.6. The van der Waals surface area contributed by atoms with Crippen molar-refractivity contribution in [1.82, 2.24) is 0 Å². The van der Waals surface area contributed by atoms with Crippen LogP contribution in [-0.2, 0) is 37.9 Å². The van der Waals surface area contributed by atoms with Crippen molar-refractivity contribution in [2.24, 2.45) is 0 Å². The Hall–Kier alpha value is -6.56. The summed E-state index contributed by atoms with van der Waals surface area (Å²) in [4.78, 5) is 8.47. The third-order valence-electron chi connectivity index (χ3n) is 24.2. The molecule has 5 heteroatoms. The second-order valence-corrected chi connectivity index (χ2v) is 33.1. The number of thiophene rings is 1. The van der Waals surface area contributed by atoms with Crippen molar-refractivity contribution in [2.75, 3.05) is 14.7 Å². The van der Waals surface area contributed by atoms with Crippen LogP contribution in [0.5, 0.6) is 0 Å². The summed E-state index contributed by atoms with van der Waals surface area (Å²) in [7, 11) is 0. The number of hydrogen-bond acceptors (Lipinski definition) is 4. The number of benzene rings is 8. The summed E-state index contributed by atoms with van der Waals surface area (Å²) in [5.74, 6) is 0. The van der Waals surface area contributed by atoms with E-state index in [4.69, 9.17) is 0 Å². The SMILES string of the molecule is CC1(C)CCC(C)(C)c2cc(N3c4cc5c(cc4B4c6cc7c(cc6N(c6ccc8c(c6)sc6ccccc68)c6cc(N8c9ccc(-c%10ccccc%10)cc9C9(C)CCCCC89C)cc3c64)C(C)(C)CCC7(C)C)C(C)(C)CCC5(C)C)ccc21. The number of hydrogen-bond donors (Lipinski definition) is 0. The van der Waals surface area contributed by atoms with E-state index in [1.807, 2.05) is 11.3 Å². The van der Waals surface area contributed by atoms with Gasteiger partial charge in [0.1, 0.15) is 0 Å². The largest absolute Gasteiger partial charge is 0.334 e. The molecule has 9 aromatic rings. The average Bonchev–Trinajstić information content (AvgIpc) is 2.38. The maximum absolute atomic E-state index is 2.88. The van der Waals surface area contributed by atoms with Crippen molar-refractivity contribution in [3.8, 4) is 11.1 Å². The van der Waals surface area contributed by atoms with Crippen molar-refractivity contribution in [3.63, 3.8) is 0 Å². The van der Waals surface area contributed by atoms with Crippen molar-refractivity contribution in [1.29, 1.82) is 0 Å². The van der Waals surface area contributed by atoms with Gasteiger partial charge in [0, 0.05) is 71.1 Å². The average molecular weight is 1130 g/mol. The maximum atomic E-state index is 2.88. The molecule has 4 heterocycles. The molecular weight excluding hydrogens is 1050 g/mol. The molecule has 8 aromatic carbocycles. The molecule has 85 heavy (non-hydrogen) atoms. The van der Waals surface area contributed by atoms with Crippen molar-refractivity contribution < 1.29 is 0 Å². The van der Waals surface area contributed by atoms with E-state index in [2.05, 4.69) is 257 Å². The van der Waals surface area contributed by atoms with Gasteiger partial charge in [0.05, 0.1) is 5.54 Å². The van der Waals surface area contributed by atoms with Gasteiger partial charge in [0.2, 0.25) is 0 Å². The molecule has 0 N–H and O–H groups in total. The van der Waals surface area contributed by atoms with Crippen molar-refractivity contribution >= 4 is 100 Å². The summed E-state index contributed by atoms with van der Waals surface area (Å²) in [6, 6.07) is 59.3. The Morgan fingerprint density at radius 2 is 0.835 bits per heavy atom. The highest BCUT2D eigenvalue weighted by atomic mass is 32.1. The van der Waals surface area contributed by atoms with Gasteiger partial charge in [-0.25, -0.2) is 0 Å². The van der Waals surface area contributed by atoms with Crippen molar-refractivity contribution in [3.05, 3.63) is 185 Å². The van der Waals surface area contributed by atoms with Crippen LogP contribution >= 0.6 is 11.3 Å². The van der Waals surface area contributed by atoms with E-state index in [1.54, 1.807) is 0 Å². The first kappa shape index (κ1) is 53.9. The van der Waals surface area contributed by atoms with Gasteiger partial charge in [-0.05, 0) is 224 Å². The lowest BCUT2D eigenvalue weighted by Crippen LogP contribution is -2.62. The van der Waals surface area contributed by atoms with Crippen LogP contribution in [0.25, 0.3) is 31.3 Å². The number of nitrogens with zero attached hydrogens (tertiary/aromatic N) is 3. The van der Waals surface area contributed by atoms with Gasteiger partial charge >= 0.3 is 0 Å². The fraction of sp³-hybridized carbons (Fsp3) is 0.400. The highest BCUT2D eigenvalue weighted by Gasteiger charge is 2.59. The van der Waals surface area contributed by atoms with E-state index in [0.29, 0.717) is 0 Å². The Bertz CT molecular complexity index is 4340. The molecule has 7 aliphatic rings. The lowest BCUT2D eigenvalue weighted by Gasteiger charge is -2.52. The van der Waals surface area contributed by atoms with E-state index in [9.17, 15) is 0 Å². The first-order valence-corrected chi connectivity index (χ1v) is 33.3. The first-order valence-electron chi connectivity index (χ1n) is 32.5. The zero-order chi connectivity index (χ0) is 58.9. The summed E-state index contributed by atoms with van der Waals surface area (Å²) in [5, 5.41) is 2.68. The fourth-order valence-electron chi connectivity index (χ4n) is 18.3. The minimum absolute atomic E-state index is 0.00952. The molecule has 16 rings (SSSR count). The highest BCUT2D eigenvalue weighted by Crippen LogP contribution is 2.63. The van der Waals surface area contributed by atoms with Crippen LogP contribution < -0.4 is 31.1 Å². The Balaban J connectivity index is 1.06. The molecule has 0 amide bonds. The molecule has 0 saturated heterocycles. The molecule has 3 aliphatic heterocycles. The molecule has 0 spiro atoms. The Labute approximate surface area is 512 Å². The fourth-order valence-corrected chi connectivity index (χ4v) is 19.4. The van der Waals surface area contributed by atoms with Gasteiger partial charge in [-0.1, -0.05) is 182 Å². The van der Waals surface area contributed by atoms with Gasteiger partial charge < -0.3 is 14.7 Å². The Morgan fingerprint density at radius 3 is 1.44 bits per heavy atom. The summed E-state index contributed by atoms with van der Waals surface area (Å²) in [5.41, 5.74) is 27.9. The zero-order valence-corrected chi connectivity index (χ0v) is 54.1. The van der Waals surface area contributed by atoms with Gasteiger partial charge in [-0.3, -0.25) is 0 Å². The minimum Gasteiger partial charge on any atom is -0.334 e. The summed E-state index contributed by atoms with van der Waals surface area (Å²) in [6.07, 6.45) is 11.8. The molecule has 2 atom stereocenters. The van der Waals surface area contributed by atoms with Crippen molar-refractivity contribution in [2.45, 2.75) is 205 Å². The van der Waals surface area contributed by atoms with Crippen LogP contribution in [0.1, 0.15) is 200 Å². The molecule has 4 aliphatic carbocycles. The monoisotopic (exact) mass is 1130 g/mol. The van der Waals surface area contributed by atoms with Gasteiger partial charge in [-0.15, -0.1) is 11.3 Å². The molecule has 1 saturated carbocycles. The molecule has 3 nitrogen and oxygen atoms in total. The standard InChI is InChI=1S/C80H86BN3S/c1-73(2)34-35-74(3,4)57-41-51(28-30-56(57)73)82-66-47-60-58(75(5,6)36-38-77(60,9)10)45-63(66)81-64-46-59-61(78(11,12)39-37-76(59,7)8)48-67(64)83(52-27-29-55-54-24-18-19-25-70(54)85-71(55)44-52)69-43-53(42-68(82)72(69)81)84-65-31-26-50(49-22-16-15-17-23-49)40-62(65)79(13)32-20-21-33-80(79,84)14/h15-19,22-31,40-48H,20-21,32-39H2,1-14H3. The van der Waals surface area contributed by atoms with E-state index in [-0.39, 0.29) is 50.2 Å². The van der Waals surface area contributed by atoms with Crippen LogP contribution in [0.4, 0.5) is 45.5 Å². The molecule has 0 radical (unpaired) electrons. The van der Waals surface area contributed by atoms with E-state index in [1.165, 1.54) is 177 Å². The topological polar surface area (TPSA) is 9.72 Å². The van der Waals surface area contributed by atoms with Crippen LogP contribution in [-0.4, -0.2) is 12.3 Å². The Morgan fingerprint density at radius 1 is 0.341 bits per heavy atom. The predicted octanol–water partition coefficient (Wildman–Crippen LogP) is 20.6.